The van der Waals surface area contributed by atoms with E-state index in [2.05, 4.69) is 36.5 Å². The van der Waals surface area contributed by atoms with Gasteiger partial charge in [-0.1, -0.05) is 74.5 Å². The number of nitrogens with one attached hydrogen (secondary N) is 1. The molecule has 1 saturated heterocycles. The maximum absolute atomic E-state index is 13.3. The minimum atomic E-state index is -1.92. The first kappa shape index (κ1) is 43.2. The number of aryl methyl sites for hydroxylation is 1. The zero-order valence-corrected chi connectivity index (χ0v) is 35.0. The summed E-state index contributed by atoms with van der Waals surface area (Å²) in [4.78, 5) is 32.4. The van der Waals surface area contributed by atoms with Crippen LogP contribution in [0.25, 0.3) is 0 Å². The van der Waals surface area contributed by atoms with Crippen LogP contribution in [0, 0.1) is 23.7 Å². The normalized spacial score (nSPS) is 17.9. The number of hydrogen-bond donors (Lipinski definition) is 1. The third-order valence-electron chi connectivity index (χ3n) is 11.3. The van der Waals surface area contributed by atoms with Crippen molar-refractivity contribution in [3.05, 3.63) is 160 Å². The number of benzene rings is 3. The smallest absolute Gasteiger partial charge is 0.330 e. The number of allylic oxidation sites excluding steroid dienone is 1. The fourth-order valence-corrected chi connectivity index (χ4v) is 9.33. The van der Waals surface area contributed by atoms with Crippen LogP contribution in [0.3, 0.4) is 0 Å². The summed E-state index contributed by atoms with van der Waals surface area (Å²) >= 11 is 0. The standard InChI is InChI=1S/C45H52N5O8P/c1-7-24-44(8-2,9-3)40(23-25-46)58-59(49-27-26-47-31-49)57-38-28-41(50-29-32(4)42(51)48-43(50)52)56-39(38)30-55-45(33-13-11-10-12-14-33,34-15-19-36(53-5)20-16-34)35-17-21-37(54-6)22-18-35/h7,10-22,26-27,29,31,38-41H,1,8-9,23-24,28,30H2,2-6H3,(H,48,51,52)/t38-,39+,40?,41+,59?/m0/s1. The van der Waals surface area contributed by atoms with Gasteiger partial charge in [0.1, 0.15) is 35.8 Å². The van der Waals surface area contributed by atoms with Crippen molar-refractivity contribution in [2.75, 3.05) is 20.8 Å². The van der Waals surface area contributed by atoms with E-state index in [0.717, 1.165) is 29.5 Å². The summed E-state index contributed by atoms with van der Waals surface area (Å²) in [6, 6.07) is 27.7. The van der Waals surface area contributed by atoms with Crippen LogP contribution in [-0.2, 0) is 24.1 Å². The molecule has 2 aromatic heterocycles. The van der Waals surface area contributed by atoms with E-state index in [1.165, 1.54) is 10.8 Å². The summed E-state index contributed by atoms with van der Waals surface area (Å²) in [6.45, 7) is 9.83. The van der Waals surface area contributed by atoms with Crippen molar-refractivity contribution >= 4 is 8.53 Å². The van der Waals surface area contributed by atoms with E-state index in [9.17, 15) is 14.9 Å². The van der Waals surface area contributed by atoms with Gasteiger partial charge in [-0.3, -0.25) is 18.7 Å². The van der Waals surface area contributed by atoms with Crippen molar-refractivity contribution in [2.24, 2.45) is 5.41 Å². The quantitative estimate of drug-likeness (QED) is 0.0462. The number of nitriles is 1. The summed E-state index contributed by atoms with van der Waals surface area (Å²) < 4.78 is 42.2. The molecule has 2 unspecified atom stereocenters. The predicted molar refractivity (Wildman–Crippen MR) is 225 cm³/mol. The first-order valence-electron chi connectivity index (χ1n) is 19.7. The van der Waals surface area contributed by atoms with Crippen molar-refractivity contribution in [3.63, 3.8) is 0 Å². The molecule has 5 aromatic rings. The number of imidazole rings is 1. The summed E-state index contributed by atoms with van der Waals surface area (Å²) in [6.07, 6.45) is 8.14. The summed E-state index contributed by atoms with van der Waals surface area (Å²) in [5, 5.41) is 10.0. The molecule has 1 aliphatic rings. The van der Waals surface area contributed by atoms with Crippen molar-refractivity contribution in [3.8, 4) is 17.6 Å². The number of H-pyrrole nitrogens is 1. The zero-order valence-electron chi connectivity index (χ0n) is 34.2. The van der Waals surface area contributed by atoms with E-state index < -0.39 is 49.9 Å². The predicted octanol–water partition coefficient (Wildman–Crippen LogP) is 8.20. The topological polar surface area (TPSA) is 152 Å². The van der Waals surface area contributed by atoms with Gasteiger partial charge in [0.2, 0.25) is 0 Å². The summed E-state index contributed by atoms with van der Waals surface area (Å²) in [5.74, 6) is 1.38. The summed E-state index contributed by atoms with van der Waals surface area (Å²) in [5.41, 5.74) is 0.247. The van der Waals surface area contributed by atoms with Crippen molar-refractivity contribution in [2.45, 2.75) is 83.0 Å². The molecule has 310 valence electrons. The van der Waals surface area contributed by atoms with Crippen LogP contribution in [0.2, 0.25) is 0 Å². The number of rotatable bonds is 20. The van der Waals surface area contributed by atoms with Gasteiger partial charge in [0.25, 0.3) is 14.1 Å². The number of aromatic nitrogens is 4. The summed E-state index contributed by atoms with van der Waals surface area (Å²) in [7, 11) is 1.32. The van der Waals surface area contributed by atoms with Crippen molar-refractivity contribution in [1.29, 1.82) is 5.26 Å². The van der Waals surface area contributed by atoms with Gasteiger partial charge in [-0.15, -0.1) is 6.58 Å². The van der Waals surface area contributed by atoms with Crippen LogP contribution in [0.4, 0.5) is 0 Å². The largest absolute Gasteiger partial charge is 0.497 e. The second-order valence-corrected chi connectivity index (χ2v) is 15.9. The second kappa shape index (κ2) is 19.6. The monoisotopic (exact) mass is 821 g/mol. The van der Waals surface area contributed by atoms with Gasteiger partial charge in [0.15, 0.2) is 0 Å². The molecule has 13 nitrogen and oxygen atoms in total. The van der Waals surface area contributed by atoms with E-state index >= 15 is 0 Å². The molecule has 1 aliphatic heterocycles. The van der Waals surface area contributed by atoms with Gasteiger partial charge in [0, 0.05) is 36.0 Å². The maximum atomic E-state index is 13.3. The lowest BCUT2D eigenvalue weighted by molar-refractivity contribution is -0.0926. The Balaban J connectivity index is 1.44. The molecule has 0 saturated carbocycles. The van der Waals surface area contributed by atoms with Crippen LogP contribution in [0.5, 0.6) is 11.5 Å². The molecule has 3 heterocycles. The molecule has 5 atom stereocenters. The molecule has 0 spiro atoms. The molecule has 6 rings (SSSR count). The molecule has 1 N–H and O–H groups in total. The maximum Gasteiger partial charge on any atom is 0.330 e. The van der Waals surface area contributed by atoms with E-state index in [-0.39, 0.29) is 24.9 Å². The fourth-order valence-electron chi connectivity index (χ4n) is 7.78. The molecule has 59 heavy (non-hydrogen) atoms. The highest BCUT2D eigenvalue weighted by atomic mass is 31.2. The lowest BCUT2D eigenvalue weighted by Gasteiger charge is -2.40. The van der Waals surface area contributed by atoms with E-state index in [4.69, 9.17) is 28.0 Å². The van der Waals surface area contributed by atoms with Crippen molar-refractivity contribution in [1.82, 2.24) is 18.9 Å². The zero-order chi connectivity index (χ0) is 42.0. The van der Waals surface area contributed by atoms with E-state index in [1.807, 2.05) is 84.9 Å². The minimum Gasteiger partial charge on any atom is -0.497 e. The molecule has 0 radical (unpaired) electrons. The van der Waals surface area contributed by atoms with Gasteiger partial charge >= 0.3 is 5.69 Å². The van der Waals surface area contributed by atoms with Gasteiger partial charge in [-0.2, -0.15) is 5.26 Å². The van der Waals surface area contributed by atoms with Crippen LogP contribution < -0.4 is 20.7 Å². The number of methoxy groups -OCH3 is 2. The highest BCUT2D eigenvalue weighted by Gasteiger charge is 2.46. The van der Waals surface area contributed by atoms with Gasteiger partial charge in [-0.25, -0.2) is 9.78 Å². The Labute approximate surface area is 346 Å². The highest BCUT2D eigenvalue weighted by Crippen LogP contribution is 2.52. The average Bonchev–Trinajstić information content (AvgIpc) is 3.96. The number of aromatic amines is 1. The Morgan fingerprint density at radius 1 is 1.00 bits per heavy atom. The highest BCUT2D eigenvalue weighted by molar-refractivity contribution is 7.45. The number of ether oxygens (including phenoxy) is 4. The lowest BCUT2D eigenvalue weighted by atomic mass is 9.73. The van der Waals surface area contributed by atoms with Gasteiger partial charge < -0.3 is 28.0 Å². The Hall–Kier alpha value is -5.35. The molecule has 0 aliphatic carbocycles. The Kier molecular flexibility index (Phi) is 14.4. The fraction of sp³-hybridized carbons (Fsp3) is 0.378. The molecule has 14 heteroatoms. The molecule has 1 fully saturated rings. The second-order valence-electron chi connectivity index (χ2n) is 14.5. The van der Waals surface area contributed by atoms with Gasteiger partial charge in [0.05, 0.1) is 45.5 Å². The van der Waals surface area contributed by atoms with Crippen LogP contribution in [0.15, 0.2) is 126 Å². The van der Waals surface area contributed by atoms with E-state index in [0.29, 0.717) is 23.5 Å². The minimum absolute atomic E-state index is 0.00967. The lowest BCUT2D eigenvalue weighted by Crippen LogP contribution is -2.39. The first-order valence-corrected chi connectivity index (χ1v) is 20.8. The Morgan fingerprint density at radius 3 is 2.17 bits per heavy atom. The number of hydrogen-bond acceptors (Lipinski definition) is 10. The molecular weight excluding hydrogens is 769 g/mol. The third-order valence-corrected chi connectivity index (χ3v) is 12.8. The molecule has 0 amide bonds. The van der Waals surface area contributed by atoms with E-state index in [1.54, 1.807) is 44.2 Å². The van der Waals surface area contributed by atoms with Gasteiger partial charge in [-0.05, 0) is 67.1 Å². The van der Waals surface area contributed by atoms with Crippen molar-refractivity contribution < 1.29 is 28.0 Å². The van der Waals surface area contributed by atoms with Crippen LogP contribution in [0.1, 0.15) is 74.4 Å². The van der Waals surface area contributed by atoms with Crippen LogP contribution in [-0.4, -0.2) is 58.0 Å². The number of nitrogens with zero attached hydrogens (tertiary/aromatic N) is 4. The molecular formula is C45H52N5O8P. The Bertz CT molecular complexity index is 2220. The average molecular weight is 822 g/mol. The Morgan fingerprint density at radius 2 is 1.63 bits per heavy atom. The first-order chi connectivity index (χ1) is 28.6. The molecule has 3 aromatic carbocycles. The van der Waals surface area contributed by atoms with Crippen LogP contribution >= 0.6 is 8.53 Å². The molecule has 0 bridgehead atoms. The SMILES string of the molecule is C=CCC(CC)(CC)C(CC#N)OP(O[C@H]1C[C@H](n2cc(C)c(=O)[nH]c2=O)O[C@@H]1COC(c1ccccc1)(c1ccc(OC)cc1)c1ccc(OC)cc1)n1ccnc1. The third kappa shape index (κ3) is 9.28.